The van der Waals surface area contributed by atoms with Crippen LogP contribution in [0, 0.1) is 0 Å². The number of benzene rings is 1. The van der Waals surface area contributed by atoms with Crippen LogP contribution in [0.1, 0.15) is 26.3 Å². The molecule has 0 unspecified atom stereocenters. The van der Waals surface area contributed by atoms with Crippen molar-refractivity contribution in [1.29, 1.82) is 0 Å². The van der Waals surface area contributed by atoms with E-state index < -0.39 is 0 Å². The zero-order valence-corrected chi connectivity index (χ0v) is 13.2. The van der Waals surface area contributed by atoms with Crippen molar-refractivity contribution in [2.45, 2.75) is 6.92 Å². The smallest absolute Gasteiger partial charge is 0.269 e. The first-order valence-corrected chi connectivity index (χ1v) is 8.02. The number of nitrogens with one attached hydrogen (secondary N) is 1. The van der Waals surface area contributed by atoms with Gasteiger partial charge in [0.25, 0.3) is 5.91 Å². The fourth-order valence-electron chi connectivity index (χ4n) is 1.81. The summed E-state index contributed by atoms with van der Waals surface area (Å²) in [5.74, 6) is -0.390. The second kappa shape index (κ2) is 5.55. The predicted molar refractivity (Wildman–Crippen MR) is 86.9 cm³/mol. The van der Waals surface area contributed by atoms with Gasteiger partial charge in [0, 0.05) is 17.0 Å². The lowest BCUT2D eigenvalue weighted by atomic mass is 10.2. The van der Waals surface area contributed by atoms with Gasteiger partial charge >= 0.3 is 0 Å². The Morgan fingerprint density at radius 3 is 2.67 bits per heavy atom. The van der Waals surface area contributed by atoms with Gasteiger partial charge in [0.1, 0.15) is 4.88 Å². The quantitative estimate of drug-likeness (QED) is 0.718. The lowest BCUT2D eigenvalue weighted by Gasteiger charge is -1.98. The molecule has 7 heteroatoms. The third-order valence-electron chi connectivity index (χ3n) is 2.81. The SMILES string of the molecule is CC(=O)c1cnc(NC(=O)c2sc3ccccc3c2Cl)s1. The molecule has 0 spiro atoms. The summed E-state index contributed by atoms with van der Waals surface area (Å²) in [4.78, 5) is 28.5. The molecule has 0 fully saturated rings. The molecule has 0 aliphatic heterocycles. The van der Waals surface area contributed by atoms with Crippen LogP contribution in [-0.2, 0) is 0 Å². The molecule has 0 aliphatic carbocycles. The summed E-state index contributed by atoms with van der Waals surface area (Å²) in [6.45, 7) is 1.46. The Morgan fingerprint density at radius 1 is 1.24 bits per heavy atom. The number of carbonyl (C=O) groups is 2. The van der Waals surface area contributed by atoms with Gasteiger partial charge in [-0.1, -0.05) is 41.1 Å². The van der Waals surface area contributed by atoms with Crippen molar-refractivity contribution in [1.82, 2.24) is 4.98 Å². The Morgan fingerprint density at radius 2 is 2.00 bits per heavy atom. The fraction of sp³-hybridized carbons (Fsp3) is 0.0714. The Bertz CT molecular complexity index is 854. The van der Waals surface area contributed by atoms with Crippen molar-refractivity contribution in [2.75, 3.05) is 5.32 Å². The number of halogens is 1. The highest BCUT2D eigenvalue weighted by molar-refractivity contribution is 7.22. The highest BCUT2D eigenvalue weighted by Crippen LogP contribution is 2.35. The molecule has 3 rings (SSSR count). The highest BCUT2D eigenvalue weighted by atomic mass is 35.5. The molecule has 4 nitrogen and oxygen atoms in total. The van der Waals surface area contributed by atoms with E-state index >= 15 is 0 Å². The Hall–Kier alpha value is -1.76. The molecular weight excluding hydrogens is 328 g/mol. The maximum Gasteiger partial charge on any atom is 0.269 e. The van der Waals surface area contributed by atoms with Gasteiger partial charge in [-0.05, 0) is 6.07 Å². The van der Waals surface area contributed by atoms with Crippen LogP contribution in [0.3, 0.4) is 0 Å². The first-order chi connectivity index (χ1) is 10.1. The molecule has 106 valence electrons. The van der Waals surface area contributed by atoms with Gasteiger partial charge in [-0.25, -0.2) is 4.98 Å². The maximum atomic E-state index is 12.3. The number of carbonyl (C=O) groups excluding carboxylic acids is 2. The zero-order chi connectivity index (χ0) is 15.0. The predicted octanol–water partition coefficient (Wildman–Crippen LogP) is 4.47. The lowest BCUT2D eigenvalue weighted by Crippen LogP contribution is -2.10. The van der Waals surface area contributed by atoms with Crippen LogP contribution in [0.15, 0.2) is 30.5 Å². The van der Waals surface area contributed by atoms with E-state index in [1.807, 2.05) is 24.3 Å². The van der Waals surface area contributed by atoms with E-state index in [1.165, 1.54) is 24.5 Å². The second-order valence-corrected chi connectivity index (χ2v) is 6.74. The number of Topliss-reactive ketones (excluding diaryl/α,β-unsaturated/α-hetero) is 1. The lowest BCUT2D eigenvalue weighted by molar-refractivity contribution is 0.101. The van der Waals surface area contributed by atoms with Gasteiger partial charge in [-0.15, -0.1) is 11.3 Å². The van der Waals surface area contributed by atoms with E-state index in [0.717, 1.165) is 21.4 Å². The third kappa shape index (κ3) is 2.70. The van der Waals surface area contributed by atoms with Crippen molar-refractivity contribution >= 4 is 61.2 Å². The molecule has 3 aromatic rings. The van der Waals surface area contributed by atoms with E-state index in [2.05, 4.69) is 10.3 Å². The summed E-state index contributed by atoms with van der Waals surface area (Å²) >= 11 is 8.73. The number of anilines is 1. The molecule has 1 N–H and O–H groups in total. The number of aromatic nitrogens is 1. The Balaban J connectivity index is 1.89. The van der Waals surface area contributed by atoms with Crippen LogP contribution in [0.5, 0.6) is 0 Å². The summed E-state index contributed by atoms with van der Waals surface area (Å²) < 4.78 is 0.955. The molecule has 0 saturated carbocycles. The van der Waals surface area contributed by atoms with Gasteiger partial charge in [0.15, 0.2) is 10.9 Å². The molecule has 0 saturated heterocycles. The fourth-order valence-corrected chi connectivity index (χ4v) is 3.93. The van der Waals surface area contributed by atoms with Crippen LogP contribution in [0.4, 0.5) is 5.13 Å². The summed E-state index contributed by atoms with van der Waals surface area (Å²) in [5, 5.41) is 4.37. The van der Waals surface area contributed by atoms with E-state index in [0.29, 0.717) is 19.9 Å². The molecule has 2 aromatic heterocycles. The summed E-state index contributed by atoms with van der Waals surface area (Å²) in [7, 11) is 0. The monoisotopic (exact) mass is 336 g/mol. The number of thiazole rings is 1. The zero-order valence-electron chi connectivity index (χ0n) is 10.8. The van der Waals surface area contributed by atoms with Gasteiger partial charge in [-0.2, -0.15) is 0 Å². The number of hydrogen-bond donors (Lipinski definition) is 1. The minimum absolute atomic E-state index is 0.0760. The van der Waals surface area contributed by atoms with Crippen molar-refractivity contribution in [3.05, 3.63) is 45.2 Å². The van der Waals surface area contributed by atoms with E-state index in [1.54, 1.807) is 0 Å². The van der Waals surface area contributed by atoms with E-state index in [4.69, 9.17) is 11.6 Å². The van der Waals surface area contributed by atoms with Crippen molar-refractivity contribution in [3.63, 3.8) is 0 Å². The molecule has 2 heterocycles. The first-order valence-electron chi connectivity index (χ1n) is 6.01. The molecule has 1 amide bonds. The largest absolute Gasteiger partial charge is 0.297 e. The minimum Gasteiger partial charge on any atom is -0.297 e. The minimum atomic E-state index is -0.314. The third-order valence-corrected chi connectivity index (χ3v) is 5.50. The normalized spacial score (nSPS) is 10.8. The highest BCUT2D eigenvalue weighted by Gasteiger charge is 2.18. The molecule has 0 aliphatic rings. The first kappa shape index (κ1) is 14.2. The number of fused-ring (bicyclic) bond motifs is 1. The van der Waals surface area contributed by atoms with Crippen molar-refractivity contribution < 1.29 is 9.59 Å². The summed E-state index contributed by atoms with van der Waals surface area (Å²) in [5.41, 5.74) is 0. The number of ketones is 1. The average molecular weight is 337 g/mol. The maximum absolute atomic E-state index is 12.3. The van der Waals surface area contributed by atoms with E-state index in [-0.39, 0.29) is 11.7 Å². The van der Waals surface area contributed by atoms with Gasteiger partial charge in [0.05, 0.1) is 16.1 Å². The molecule has 0 radical (unpaired) electrons. The number of thiophene rings is 1. The van der Waals surface area contributed by atoms with Crippen LogP contribution >= 0.6 is 34.3 Å². The van der Waals surface area contributed by atoms with E-state index in [9.17, 15) is 9.59 Å². The molecule has 0 atom stereocenters. The standard InChI is InChI=1S/C14H9ClN2O2S2/c1-7(18)10-6-16-14(21-10)17-13(19)12-11(15)8-4-2-3-5-9(8)20-12/h2-6H,1H3,(H,16,17,19). The average Bonchev–Trinajstić information content (AvgIpc) is 3.05. The number of nitrogens with zero attached hydrogens (tertiary/aromatic N) is 1. The topological polar surface area (TPSA) is 59.1 Å². The summed E-state index contributed by atoms with van der Waals surface area (Å²) in [6.07, 6.45) is 1.45. The van der Waals surface area contributed by atoms with Crippen LogP contribution in [-0.4, -0.2) is 16.7 Å². The number of rotatable bonds is 3. The molecule has 1 aromatic carbocycles. The number of amides is 1. The Kier molecular flexibility index (Phi) is 3.75. The van der Waals surface area contributed by atoms with Crippen molar-refractivity contribution in [2.24, 2.45) is 0 Å². The second-order valence-electron chi connectivity index (χ2n) is 4.28. The van der Waals surface area contributed by atoms with Gasteiger partial charge in [-0.3, -0.25) is 14.9 Å². The van der Waals surface area contributed by atoms with Crippen LogP contribution in [0.25, 0.3) is 10.1 Å². The Labute approximate surface area is 133 Å². The summed E-state index contributed by atoms with van der Waals surface area (Å²) in [6, 6.07) is 7.57. The number of hydrogen-bond acceptors (Lipinski definition) is 5. The van der Waals surface area contributed by atoms with Crippen LogP contribution in [0.2, 0.25) is 5.02 Å². The van der Waals surface area contributed by atoms with Crippen molar-refractivity contribution in [3.8, 4) is 0 Å². The molecule has 0 bridgehead atoms. The van der Waals surface area contributed by atoms with Crippen LogP contribution < -0.4 is 5.32 Å². The molecule has 21 heavy (non-hydrogen) atoms. The van der Waals surface area contributed by atoms with Gasteiger partial charge < -0.3 is 0 Å². The van der Waals surface area contributed by atoms with Gasteiger partial charge in [0.2, 0.25) is 0 Å². The molecular formula is C14H9ClN2O2S2.